The van der Waals surface area contributed by atoms with Gasteiger partial charge in [-0.25, -0.2) is 0 Å². The Balaban J connectivity index is 2.31. The zero-order chi connectivity index (χ0) is 15.4. The van der Waals surface area contributed by atoms with Gasteiger partial charge < -0.3 is 14.8 Å². The van der Waals surface area contributed by atoms with E-state index in [9.17, 15) is 0 Å². The van der Waals surface area contributed by atoms with E-state index in [2.05, 4.69) is 47.2 Å². The van der Waals surface area contributed by atoms with Crippen LogP contribution in [0.3, 0.4) is 0 Å². The van der Waals surface area contributed by atoms with Crippen molar-refractivity contribution in [1.29, 1.82) is 0 Å². The topological polar surface area (TPSA) is 30.5 Å². The van der Waals surface area contributed by atoms with Crippen LogP contribution < -0.4 is 14.8 Å². The number of halogens is 1. The van der Waals surface area contributed by atoms with Gasteiger partial charge in [0.2, 0.25) is 0 Å². The highest BCUT2D eigenvalue weighted by atomic mass is 79.9. The van der Waals surface area contributed by atoms with Crippen LogP contribution in [-0.2, 0) is 0 Å². The van der Waals surface area contributed by atoms with Crippen molar-refractivity contribution in [3.05, 3.63) is 52.0 Å². The number of methoxy groups -OCH3 is 2. The van der Waals surface area contributed by atoms with E-state index in [1.807, 2.05) is 24.3 Å². The molecule has 0 heterocycles. The van der Waals surface area contributed by atoms with E-state index in [-0.39, 0.29) is 6.04 Å². The Kier molecular flexibility index (Phi) is 5.12. The first-order valence-corrected chi connectivity index (χ1v) is 7.59. The molecule has 1 N–H and O–H groups in total. The fraction of sp³-hybridized carbons (Fsp3) is 0.294. The maximum atomic E-state index is 5.45. The average Bonchev–Trinajstić information content (AvgIpc) is 2.51. The van der Waals surface area contributed by atoms with Gasteiger partial charge in [0.1, 0.15) is 11.5 Å². The van der Waals surface area contributed by atoms with Crippen LogP contribution >= 0.6 is 15.9 Å². The molecule has 4 heteroatoms. The molecule has 2 aromatic rings. The van der Waals surface area contributed by atoms with Crippen LogP contribution in [0.4, 0.5) is 5.69 Å². The third-order valence-electron chi connectivity index (χ3n) is 3.47. The second-order valence-corrected chi connectivity index (χ2v) is 5.70. The lowest BCUT2D eigenvalue weighted by Crippen LogP contribution is -2.09. The van der Waals surface area contributed by atoms with E-state index in [0.717, 1.165) is 27.2 Å². The minimum atomic E-state index is 0.0909. The zero-order valence-electron chi connectivity index (χ0n) is 12.7. The highest BCUT2D eigenvalue weighted by Gasteiger charge is 2.14. The molecule has 1 atom stereocenters. The van der Waals surface area contributed by atoms with E-state index in [4.69, 9.17) is 9.47 Å². The summed E-state index contributed by atoms with van der Waals surface area (Å²) < 4.78 is 11.8. The van der Waals surface area contributed by atoms with Gasteiger partial charge in [-0.05, 0) is 59.6 Å². The van der Waals surface area contributed by atoms with Crippen molar-refractivity contribution < 1.29 is 9.47 Å². The number of ether oxygens (including phenoxy) is 2. The van der Waals surface area contributed by atoms with Gasteiger partial charge in [0.25, 0.3) is 0 Å². The summed E-state index contributed by atoms with van der Waals surface area (Å²) in [4.78, 5) is 0. The fourth-order valence-electron chi connectivity index (χ4n) is 2.25. The summed E-state index contributed by atoms with van der Waals surface area (Å²) in [5, 5.41) is 3.51. The molecule has 0 aliphatic heterocycles. The van der Waals surface area contributed by atoms with Crippen molar-refractivity contribution in [2.45, 2.75) is 19.9 Å². The summed E-state index contributed by atoms with van der Waals surface area (Å²) in [6, 6.07) is 12.1. The van der Waals surface area contributed by atoms with Crippen molar-refractivity contribution in [2.24, 2.45) is 0 Å². The molecular weight excluding hydrogens is 330 g/mol. The van der Waals surface area contributed by atoms with Crippen molar-refractivity contribution in [1.82, 2.24) is 0 Å². The zero-order valence-corrected chi connectivity index (χ0v) is 14.3. The van der Waals surface area contributed by atoms with E-state index >= 15 is 0 Å². The van der Waals surface area contributed by atoms with E-state index in [1.54, 1.807) is 14.2 Å². The van der Waals surface area contributed by atoms with Gasteiger partial charge >= 0.3 is 0 Å². The number of rotatable bonds is 5. The molecule has 1 unspecified atom stereocenters. The van der Waals surface area contributed by atoms with E-state index in [0.29, 0.717) is 0 Å². The van der Waals surface area contributed by atoms with Gasteiger partial charge in [0, 0.05) is 15.7 Å². The number of hydrogen-bond acceptors (Lipinski definition) is 3. The van der Waals surface area contributed by atoms with E-state index in [1.165, 1.54) is 5.56 Å². The van der Waals surface area contributed by atoms with Crippen LogP contribution in [0.5, 0.6) is 11.5 Å². The second-order valence-electron chi connectivity index (χ2n) is 4.91. The highest BCUT2D eigenvalue weighted by Crippen LogP contribution is 2.34. The van der Waals surface area contributed by atoms with Crippen LogP contribution in [0.25, 0.3) is 0 Å². The lowest BCUT2D eigenvalue weighted by atomic mass is 10.1. The predicted molar refractivity (Wildman–Crippen MR) is 90.5 cm³/mol. The average molecular weight is 350 g/mol. The van der Waals surface area contributed by atoms with Gasteiger partial charge in [-0.15, -0.1) is 0 Å². The largest absolute Gasteiger partial charge is 0.497 e. The maximum absolute atomic E-state index is 5.45. The Bertz CT molecular complexity index is 628. The number of benzene rings is 2. The summed E-state index contributed by atoms with van der Waals surface area (Å²) in [6.07, 6.45) is 0. The predicted octanol–water partition coefficient (Wildman–Crippen LogP) is 4.95. The lowest BCUT2D eigenvalue weighted by molar-refractivity contribution is 0.397. The van der Waals surface area contributed by atoms with Gasteiger partial charge in [-0.1, -0.05) is 12.1 Å². The van der Waals surface area contributed by atoms with Crippen LogP contribution in [0.1, 0.15) is 24.1 Å². The van der Waals surface area contributed by atoms with Crippen molar-refractivity contribution >= 4 is 21.6 Å². The Labute approximate surface area is 134 Å². The van der Waals surface area contributed by atoms with Crippen molar-refractivity contribution in [2.75, 3.05) is 19.5 Å². The molecule has 0 bridgehead atoms. The van der Waals surface area contributed by atoms with Crippen LogP contribution in [0.2, 0.25) is 0 Å². The Morgan fingerprint density at radius 1 is 1.10 bits per heavy atom. The van der Waals surface area contributed by atoms with Crippen LogP contribution in [0.15, 0.2) is 40.9 Å². The molecule has 2 rings (SSSR count). The third kappa shape index (κ3) is 3.50. The minimum absolute atomic E-state index is 0.0909. The quantitative estimate of drug-likeness (QED) is 0.828. The number of hydrogen-bond donors (Lipinski definition) is 1. The first-order valence-electron chi connectivity index (χ1n) is 6.80. The lowest BCUT2D eigenvalue weighted by Gasteiger charge is -2.20. The molecule has 0 saturated carbocycles. The molecular formula is C17H20BrNO2. The normalized spacial score (nSPS) is 11.9. The number of aryl methyl sites for hydroxylation is 1. The van der Waals surface area contributed by atoms with Gasteiger partial charge in [-0.3, -0.25) is 0 Å². The molecule has 0 spiro atoms. The van der Waals surface area contributed by atoms with Gasteiger partial charge in [0.15, 0.2) is 0 Å². The van der Waals surface area contributed by atoms with E-state index < -0.39 is 0 Å². The third-order valence-corrected chi connectivity index (χ3v) is 4.52. The summed E-state index contributed by atoms with van der Waals surface area (Å²) in [5.74, 6) is 1.67. The minimum Gasteiger partial charge on any atom is -0.497 e. The molecule has 2 aromatic carbocycles. The van der Waals surface area contributed by atoms with Gasteiger partial charge in [0.05, 0.1) is 20.3 Å². The summed E-state index contributed by atoms with van der Waals surface area (Å²) in [7, 11) is 3.35. The number of nitrogens with one attached hydrogen (secondary N) is 1. The first kappa shape index (κ1) is 15.7. The van der Waals surface area contributed by atoms with Crippen LogP contribution in [0, 0.1) is 6.92 Å². The molecule has 21 heavy (non-hydrogen) atoms. The monoisotopic (exact) mass is 349 g/mol. The molecule has 0 aromatic heterocycles. The molecule has 0 aliphatic carbocycles. The summed E-state index contributed by atoms with van der Waals surface area (Å²) in [5.41, 5.74) is 3.32. The molecule has 112 valence electrons. The van der Waals surface area contributed by atoms with Gasteiger partial charge in [-0.2, -0.15) is 0 Å². The fourth-order valence-corrected chi connectivity index (χ4v) is 2.63. The standard InChI is InChI=1S/C17H20BrNO2/c1-11-6-5-7-15(17(11)18)19-12(2)14-10-13(20-3)8-9-16(14)21-4/h5-10,12,19H,1-4H3. The molecule has 3 nitrogen and oxygen atoms in total. The molecule has 0 radical (unpaired) electrons. The Hall–Kier alpha value is -1.68. The summed E-state index contributed by atoms with van der Waals surface area (Å²) >= 11 is 3.63. The highest BCUT2D eigenvalue weighted by molar-refractivity contribution is 9.10. The van der Waals surface area contributed by atoms with Crippen molar-refractivity contribution in [3.8, 4) is 11.5 Å². The van der Waals surface area contributed by atoms with Crippen molar-refractivity contribution in [3.63, 3.8) is 0 Å². The maximum Gasteiger partial charge on any atom is 0.124 e. The smallest absolute Gasteiger partial charge is 0.124 e. The summed E-state index contributed by atoms with van der Waals surface area (Å²) in [6.45, 7) is 4.18. The molecule has 0 fully saturated rings. The molecule has 0 aliphatic rings. The second kappa shape index (κ2) is 6.85. The Morgan fingerprint density at radius 2 is 1.86 bits per heavy atom. The SMILES string of the molecule is COc1ccc(OC)c(C(C)Nc2cccc(C)c2Br)c1. The molecule has 0 amide bonds. The first-order chi connectivity index (χ1) is 10.1. The van der Waals surface area contributed by atoms with Crippen LogP contribution in [-0.4, -0.2) is 14.2 Å². The molecule has 0 saturated heterocycles. The Morgan fingerprint density at radius 3 is 2.52 bits per heavy atom. The number of anilines is 1.